The molecule has 0 amide bonds. The molecule has 0 aliphatic carbocycles. The van der Waals surface area contributed by atoms with Gasteiger partial charge in [0, 0.05) is 37.3 Å². The van der Waals surface area contributed by atoms with Gasteiger partial charge < -0.3 is 19.8 Å². The van der Waals surface area contributed by atoms with Crippen molar-refractivity contribution in [2.45, 2.75) is 33.7 Å². The number of furan rings is 1. The van der Waals surface area contributed by atoms with E-state index >= 15 is 0 Å². The van der Waals surface area contributed by atoms with Gasteiger partial charge in [-0.15, -0.1) is 0 Å². The summed E-state index contributed by atoms with van der Waals surface area (Å²) in [6.45, 7) is 9.38. The molecule has 132 valence electrons. The molecule has 0 bridgehead atoms. The lowest BCUT2D eigenvalue weighted by Gasteiger charge is -2.11. The van der Waals surface area contributed by atoms with Gasteiger partial charge in [0.1, 0.15) is 23.7 Å². The number of aryl methyl sites for hydroxylation is 1. The molecule has 0 atom stereocenters. The molecule has 0 fully saturated rings. The number of aliphatic imine (C=N–C) groups is 1. The number of halogens is 1. The summed E-state index contributed by atoms with van der Waals surface area (Å²) in [6, 6.07) is 4.56. The third-order valence-corrected chi connectivity index (χ3v) is 3.68. The lowest BCUT2D eigenvalue weighted by molar-refractivity contribution is 0.145. The van der Waals surface area contributed by atoms with E-state index in [2.05, 4.69) is 15.6 Å². The Bertz CT molecular complexity index is 682. The van der Waals surface area contributed by atoms with Crippen molar-refractivity contribution < 1.29 is 13.5 Å². The Kier molecular flexibility index (Phi) is 7.06. The van der Waals surface area contributed by atoms with Crippen LogP contribution in [0, 0.1) is 12.7 Å². The van der Waals surface area contributed by atoms with Crippen molar-refractivity contribution in [3.63, 3.8) is 0 Å². The van der Waals surface area contributed by atoms with Crippen molar-refractivity contribution in [1.29, 1.82) is 0 Å². The highest BCUT2D eigenvalue weighted by atomic mass is 19.1. The van der Waals surface area contributed by atoms with E-state index in [1.54, 1.807) is 6.07 Å². The third kappa shape index (κ3) is 4.96. The molecule has 0 radical (unpaired) electrons. The zero-order valence-corrected chi connectivity index (χ0v) is 14.6. The number of nitrogens with zero attached hydrogens (tertiary/aromatic N) is 1. The highest BCUT2D eigenvalue weighted by molar-refractivity contribution is 5.82. The van der Waals surface area contributed by atoms with E-state index in [4.69, 9.17) is 9.15 Å². The van der Waals surface area contributed by atoms with Crippen LogP contribution in [-0.2, 0) is 11.3 Å². The molecule has 2 rings (SSSR count). The predicted octanol–water partition coefficient (Wildman–Crippen LogP) is 3.36. The van der Waals surface area contributed by atoms with Gasteiger partial charge in [-0.1, -0.05) is 0 Å². The number of fused-ring (bicyclic) bond motifs is 1. The van der Waals surface area contributed by atoms with E-state index in [0.29, 0.717) is 12.1 Å². The Morgan fingerprint density at radius 2 is 2.12 bits per heavy atom. The second-order valence-electron chi connectivity index (χ2n) is 5.46. The zero-order chi connectivity index (χ0) is 17.4. The lowest BCUT2D eigenvalue weighted by Crippen LogP contribution is -2.38. The molecule has 2 aromatic rings. The minimum absolute atomic E-state index is 0.259. The van der Waals surface area contributed by atoms with Gasteiger partial charge in [-0.2, -0.15) is 0 Å². The van der Waals surface area contributed by atoms with E-state index in [1.807, 2.05) is 20.8 Å². The first kappa shape index (κ1) is 18.3. The van der Waals surface area contributed by atoms with Gasteiger partial charge in [-0.3, -0.25) is 0 Å². The third-order valence-electron chi connectivity index (χ3n) is 3.68. The Labute approximate surface area is 142 Å². The molecular weight excluding hydrogens is 309 g/mol. The van der Waals surface area contributed by atoms with Gasteiger partial charge >= 0.3 is 0 Å². The van der Waals surface area contributed by atoms with Gasteiger partial charge in [0.25, 0.3) is 0 Å². The average molecular weight is 335 g/mol. The molecule has 5 nitrogen and oxygen atoms in total. The fourth-order valence-electron chi connectivity index (χ4n) is 2.41. The maximum Gasteiger partial charge on any atom is 0.191 e. The zero-order valence-electron chi connectivity index (χ0n) is 14.6. The molecule has 0 unspecified atom stereocenters. The Morgan fingerprint density at radius 3 is 2.88 bits per heavy atom. The molecule has 2 N–H and O–H groups in total. The molecule has 0 saturated carbocycles. The Balaban J connectivity index is 2.01. The molecule has 1 aromatic heterocycles. The normalized spacial score (nSPS) is 11.9. The van der Waals surface area contributed by atoms with Gasteiger partial charge in [0.05, 0.1) is 0 Å². The highest BCUT2D eigenvalue weighted by Crippen LogP contribution is 2.26. The molecule has 1 heterocycles. The first-order valence-electron chi connectivity index (χ1n) is 8.43. The number of hydrogen-bond donors (Lipinski definition) is 2. The minimum Gasteiger partial charge on any atom is -0.459 e. The van der Waals surface area contributed by atoms with Crippen molar-refractivity contribution in [3.05, 3.63) is 35.3 Å². The largest absolute Gasteiger partial charge is 0.459 e. The second-order valence-corrected chi connectivity index (χ2v) is 5.46. The molecule has 1 aromatic carbocycles. The summed E-state index contributed by atoms with van der Waals surface area (Å²) in [5, 5.41) is 7.27. The van der Waals surface area contributed by atoms with Crippen LogP contribution in [0.4, 0.5) is 4.39 Å². The quantitative estimate of drug-likeness (QED) is 0.441. The number of rotatable bonds is 8. The van der Waals surface area contributed by atoms with Gasteiger partial charge in [0.15, 0.2) is 5.96 Å². The van der Waals surface area contributed by atoms with E-state index in [9.17, 15) is 4.39 Å². The molecule has 0 aliphatic heterocycles. The smallest absolute Gasteiger partial charge is 0.191 e. The number of benzene rings is 1. The van der Waals surface area contributed by atoms with Crippen LogP contribution in [0.5, 0.6) is 0 Å². The first-order chi connectivity index (χ1) is 11.7. The van der Waals surface area contributed by atoms with Crippen molar-refractivity contribution in [2.75, 3.05) is 26.3 Å². The standard InChI is InChI=1S/C18H26FN3O2/c1-4-20-18(21-9-6-10-23-5-2)22-12-17-13(3)15-11-14(19)7-8-16(15)24-17/h7-8,11H,4-6,9-10,12H2,1-3H3,(H2,20,21,22). The average Bonchev–Trinajstić information content (AvgIpc) is 2.88. The maximum atomic E-state index is 13.4. The number of guanidine groups is 1. The number of nitrogens with one attached hydrogen (secondary N) is 2. The highest BCUT2D eigenvalue weighted by Gasteiger charge is 2.11. The summed E-state index contributed by atoms with van der Waals surface area (Å²) < 4.78 is 24.5. The van der Waals surface area contributed by atoms with Crippen LogP contribution in [0.25, 0.3) is 11.0 Å². The topological polar surface area (TPSA) is 58.8 Å². The van der Waals surface area contributed by atoms with Crippen molar-refractivity contribution in [2.24, 2.45) is 4.99 Å². The summed E-state index contributed by atoms with van der Waals surface area (Å²) >= 11 is 0. The predicted molar refractivity (Wildman–Crippen MR) is 94.8 cm³/mol. The van der Waals surface area contributed by atoms with Crippen LogP contribution in [0.1, 0.15) is 31.6 Å². The summed E-state index contributed by atoms with van der Waals surface area (Å²) in [6.07, 6.45) is 0.918. The lowest BCUT2D eigenvalue weighted by atomic mass is 10.1. The molecule has 6 heteroatoms. The van der Waals surface area contributed by atoms with Crippen LogP contribution >= 0.6 is 0 Å². The van der Waals surface area contributed by atoms with E-state index < -0.39 is 0 Å². The molecule has 0 aliphatic rings. The summed E-state index contributed by atoms with van der Waals surface area (Å²) in [7, 11) is 0. The van der Waals surface area contributed by atoms with E-state index in [1.165, 1.54) is 12.1 Å². The minimum atomic E-state index is -0.259. The summed E-state index contributed by atoms with van der Waals surface area (Å²) in [5.74, 6) is 1.23. The second kappa shape index (κ2) is 9.27. The van der Waals surface area contributed by atoms with E-state index in [-0.39, 0.29) is 5.82 Å². The van der Waals surface area contributed by atoms with Crippen LogP contribution in [0.3, 0.4) is 0 Å². The van der Waals surface area contributed by atoms with Gasteiger partial charge in [-0.25, -0.2) is 9.38 Å². The van der Waals surface area contributed by atoms with E-state index in [0.717, 1.165) is 55.4 Å². The van der Waals surface area contributed by atoms with Crippen LogP contribution in [-0.4, -0.2) is 32.3 Å². The summed E-state index contributed by atoms with van der Waals surface area (Å²) in [5.41, 5.74) is 1.62. The van der Waals surface area contributed by atoms with Gasteiger partial charge in [0.2, 0.25) is 0 Å². The SMILES string of the molecule is CCNC(=NCc1oc2ccc(F)cc2c1C)NCCCOCC. The Hall–Kier alpha value is -2.08. The fourth-order valence-corrected chi connectivity index (χ4v) is 2.41. The van der Waals surface area contributed by atoms with Crippen LogP contribution in [0.2, 0.25) is 0 Å². The van der Waals surface area contributed by atoms with Crippen molar-refractivity contribution in [1.82, 2.24) is 10.6 Å². The van der Waals surface area contributed by atoms with Gasteiger partial charge in [-0.05, 0) is 45.4 Å². The Morgan fingerprint density at radius 1 is 1.29 bits per heavy atom. The number of hydrogen-bond acceptors (Lipinski definition) is 3. The summed E-state index contributed by atoms with van der Waals surface area (Å²) in [4.78, 5) is 4.55. The molecule has 0 saturated heterocycles. The van der Waals surface area contributed by atoms with Crippen molar-refractivity contribution in [3.8, 4) is 0 Å². The molecular formula is C18H26FN3O2. The number of ether oxygens (including phenoxy) is 1. The molecule has 24 heavy (non-hydrogen) atoms. The monoisotopic (exact) mass is 335 g/mol. The van der Waals surface area contributed by atoms with Crippen molar-refractivity contribution >= 4 is 16.9 Å². The van der Waals surface area contributed by atoms with Crippen LogP contribution < -0.4 is 10.6 Å². The maximum absolute atomic E-state index is 13.4. The first-order valence-corrected chi connectivity index (χ1v) is 8.43. The van der Waals surface area contributed by atoms with Crippen LogP contribution in [0.15, 0.2) is 27.6 Å². The fraction of sp³-hybridized carbons (Fsp3) is 0.500. The molecule has 0 spiro atoms.